The van der Waals surface area contributed by atoms with Crippen molar-refractivity contribution in [3.8, 4) is 5.75 Å². The Hall–Kier alpha value is -1.22. The smallest absolute Gasteiger partial charge is 0.142 e. The summed E-state index contributed by atoms with van der Waals surface area (Å²) in [7, 11) is 5.77. The number of rotatable bonds is 5. The van der Waals surface area contributed by atoms with Crippen LogP contribution in [0.2, 0.25) is 0 Å². The minimum absolute atomic E-state index is 0.946. The van der Waals surface area contributed by atoms with Gasteiger partial charge in [-0.2, -0.15) is 0 Å². The number of nitrogens with zero attached hydrogens (tertiary/aromatic N) is 1. The zero-order valence-corrected chi connectivity index (χ0v) is 10.9. The average Bonchev–Trinajstić information content (AvgIpc) is 2.28. The van der Waals surface area contributed by atoms with Crippen LogP contribution in [-0.4, -0.2) is 34.3 Å². The first kappa shape index (κ1) is 12.8. The first-order valence-corrected chi connectivity index (χ1v) is 5.61. The van der Waals surface area contributed by atoms with Crippen LogP contribution in [0.4, 0.5) is 5.69 Å². The van der Waals surface area contributed by atoms with Crippen LogP contribution in [0.5, 0.6) is 5.75 Å². The zero-order chi connectivity index (χ0) is 12.1. The van der Waals surface area contributed by atoms with E-state index in [0.29, 0.717) is 0 Å². The van der Waals surface area contributed by atoms with Crippen molar-refractivity contribution in [1.82, 2.24) is 5.32 Å². The van der Waals surface area contributed by atoms with Gasteiger partial charge >= 0.3 is 0 Å². The highest BCUT2D eigenvalue weighted by Crippen LogP contribution is 2.30. The Kier molecular flexibility index (Phi) is 4.62. The van der Waals surface area contributed by atoms with Gasteiger partial charge in [0.1, 0.15) is 5.75 Å². The predicted molar refractivity (Wildman–Crippen MR) is 69.7 cm³/mol. The number of ether oxygens (including phenoxy) is 1. The highest BCUT2D eigenvalue weighted by Gasteiger charge is 2.09. The van der Waals surface area contributed by atoms with Gasteiger partial charge in [-0.25, -0.2) is 0 Å². The lowest BCUT2D eigenvalue weighted by Gasteiger charge is -2.22. The Bertz CT molecular complexity index is 350. The van der Waals surface area contributed by atoms with Crippen molar-refractivity contribution >= 4 is 5.69 Å². The van der Waals surface area contributed by atoms with Crippen LogP contribution >= 0.6 is 0 Å². The number of benzene rings is 1. The summed E-state index contributed by atoms with van der Waals surface area (Å²) in [5, 5.41) is 3.15. The van der Waals surface area contributed by atoms with Gasteiger partial charge < -0.3 is 15.0 Å². The van der Waals surface area contributed by atoms with Crippen molar-refractivity contribution in [2.24, 2.45) is 0 Å². The fourth-order valence-corrected chi connectivity index (χ4v) is 1.64. The Morgan fingerprint density at radius 3 is 2.44 bits per heavy atom. The lowest BCUT2D eigenvalue weighted by molar-refractivity contribution is 0.414. The van der Waals surface area contributed by atoms with Gasteiger partial charge in [-0.15, -0.1) is 0 Å². The number of hydrogen-bond donors (Lipinski definition) is 1. The molecule has 0 aromatic heterocycles. The Morgan fingerprint density at radius 2 is 1.88 bits per heavy atom. The number of anilines is 1. The molecule has 16 heavy (non-hydrogen) atoms. The molecule has 90 valence electrons. The summed E-state index contributed by atoms with van der Waals surface area (Å²) in [6.07, 6.45) is 0. The molecule has 1 rings (SSSR count). The summed E-state index contributed by atoms with van der Waals surface area (Å²) in [5.74, 6) is 0.946. The third-order valence-electron chi connectivity index (χ3n) is 2.90. The SMILES string of the molecule is CNCCN(C)c1cc(C)c(C)cc1OC. The van der Waals surface area contributed by atoms with Crippen LogP contribution in [0.3, 0.4) is 0 Å². The molecule has 0 bridgehead atoms. The van der Waals surface area contributed by atoms with Crippen LogP contribution in [-0.2, 0) is 0 Å². The Morgan fingerprint density at radius 1 is 1.25 bits per heavy atom. The molecule has 3 heteroatoms. The number of nitrogens with one attached hydrogen (secondary N) is 1. The minimum atomic E-state index is 0.946. The molecule has 0 saturated carbocycles. The molecular weight excluding hydrogens is 200 g/mol. The van der Waals surface area contributed by atoms with Crippen LogP contribution < -0.4 is 15.0 Å². The summed E-state index contributed by atoms with van der Waals surface area (Å²) < 4.78 is 5.42. The summed E-state index contributed by atoms with van der Waals surface area (Å²) in [5.41, 5.74) is 3.72. The summed E-state index contributed by atoms with van der Waals surface area (Å²) in [6.45, 7) is 6.17. The first-order valence-electron chi connectivity index (χ1n) is 5.61. The van der Waals surface area contributed by atoms with E-state index in [4.69, 9.17) is 4.74 Å². The fourth-order valence-electron chi connectivity index (χ4n) is 1.64. The van der Waals surface area contributed by atoms with E-state index in [1.165, 1.54) is 11.1 Å². The third-order valence-corrected chi connectivity index (χ3v) is 2.90. The highest BCUT2D eigenvalue weighted by molar-refractivity contribution is 5.61. The zero-order valence-electron chi connectivity index (χ0n) is 10.9. The van der Waals surface area contributed by atoms with Gasteiger partial charge in [0.05, 0.1) is 12.8 Å². The topological polar surface area (TPSA) is 24.5 Å². The molecule has 0 spiro atoms. The monoisotopic (exact) mass is 222 g/mol. The van der Waals surface area contributed by atoms with Crippen molar-refractivity contribution in [3.63, 3.8) is 0 Å². The molecule has 0 amide bonds. The molecule has 3 nitrogen and oxygen atoms in total. The number of hydrogen-bond acceptors (Lipinski definition) is 3. The molecular formula is C13H22N2O. The second-order valence-electron chi connectivity index (χ2n) is 4.13. The van der Waals surface area contributed by atoms with Crippen LogP contribution in [0.25, 0.3) is 0 Å². The Labute approximate surface area is 98.4 Å². The second kappa shape index (κ2) is 5.75. The van der Waals surface area contributed by atoms with E-state index in [1.807, 2.05) is 7.05 Å². The Balaban J connectivity index is 2.96. The quantitative estimate of drug-likeness (QED) is 0.824. The van der Waals surface area contributed by atoms with Crippen molar-refractivity contribution in [2.75, 3.05) is 39.2 Å². The lowest BCUT2D eigenvalue weighted by Crippen LogP contribution is -2.27. The van der Waals surface area contributed by atoms with Crippen molar-refractivity contribution in [3.05, 3.63) is 23.3 Å². The van der Waals surface area contributed by atoms with Crippen molar-refractivity contribution < 1.29 is 4.74 Å². The molecule has 0 atom stereocenters. The van der Waals surface area contributed by atoms with Gasteiger partial charge in [-0.1, -0.05) is 0 Å². The maximum atomic E-state index is 5.42. The maximum absolute atomic E-state index is 5.42. The van der Waals surface area contributed by atoms with Crippen molar-refractivity contribution in [1.29, 1.82) is 0 Å². The van der Waals surface area contributed by atoms with Gasteiger partial charge in [0, 0.05) is 20.1 Å². The molecule has 0 aliphatic heterocycles. The van der Waals surface area contributed by atoms with E-state index in [1.54, 1.807) is 7.11 Å². The third kappa shape index (κ3) is 2.89. The molecule has 0 saturated heterocycles. The number of likely N-dealkylation sites (N-methyl/N-ethyl adjacent to an activating group) is 2. The highest BCUT2D eigenvalue weighted by atomic mass is 16.5. The van der Waals surface area contributed by atoms with E-state index in [2.05, 4.69) is 43.2 Å². The standard InChI is InChI=1S/C13H22N2O/c1-10-8-12(15(4)7-6-14-3)13(16-5)9-11(10)2/h8-9,14H,6-7H2,1-5H3. The first-order chi connectivity index (χ1) is 7.60. The minimum Gasteiger partial charge on any atom is -0.495 e. The van der Waals surface area contributed by atoms with Crippen molar-refractivity contribution in [2.45, 2.75) is 13.8 Å². The summed E-state index contributed by atoms with van der Waals surface area (Å²) in [4.78, 5) is 2.21. The molecule has 0 aliphatic carbocycles. The fraction of sp³-hybridized carbons (Fsp3) is 0.538. The average molecular weight is 222 g/mol. The van der Waals surface area contributed by atoms with Gasteiger partial charge in [-0.05, 0) is 44.2 Å². The van der Waals surface area contributed by atoms with Crippen LogP contribution in [0.15, 0.2) is 12.1 Å². The number of aryl methyl sites for hydroxylation is 2. The molecule has 0 unspecified atom stereocenters. The molecule has 0 fully saturated rings. The van der Waals surface area contributed by atoms with Gasteiger partial charge in [-0.3, -0.25) is 0 Å². The van der Waals surface area contributed by atoms with E-state index in [0.717, 1.165) is 24.5 Å². The van der Waals surface area contributed by atoms with Crippen LogP contribution in [0, 0.1) is 13.8 Å². The molecule has 1 aromatic carbocycles. The maximum Gasteiger partial charge on any atom is 0.142 e. The van der Waals surface area contributed by atoms with Gasteiger partial charge in [0.25, 0.3) is 0 Å². The van der Waals surface area contributed by atoms with Crippen LogP contribution in [0.1, 0.15) is 11.1 Å². The molecule has 0 radical (unpaired) electrons. The van der Waals surface area contributed by atoms with E-state index in [9.17, 15) is 0 Å². The summed E-state index contributed by atoms with van der Waals surface area (Å²) >= 11 is 0. The van der Waals surface area contributed by atoms with E-state index < -0.39 is 0 Å². The predicted octanol–water partition coefficient (Wildman–Crippen LogP) is 1.97. The lowest BCUT2D eigenvalue weighted by atomic mass is 10.1. The largest absolute Gasteiger partial charge is 0.495 e. The van der Waals surface area contributed by atoms with E-state index in [-0.39, 0.29) is 0 Å². The normalized spacial score (nSPS) is 10.3. The number of methoxy groups -OCH3 is 1. The molecule has 0 heterocycles. The van der Waals surface area contributed by atoms with Gasteiger partial charge in [0.15, 0.2) is 0 Å². The second-order valence-corrected chi connectivity index (χ2v) is 4.13. The molecule has 1 aromatic rings. The molecule has 1 N–H and O–H groups in total. The van der Waals surface area contributed by atoms with Gasteiger partial charge in [0.2, 0.25) is 0 Å². The van der Waals surface area contributed by atoms with E-state index >= 15 is 0 Å². The molecule has 0 aliphatic rings. The summed E-state index contributed by atoms with van der Waals surface area (Å²) in [6, 6.07) is 4.28.